The van der Waals surface area contributed by atoms with Crippen molar-refractivity contribution < 1.29 is 9.47 Å². The van der Waals surface area contributed by atoms with E-state index in [1.54, 1.807) is 7.05 Å². The maximum atomic E-state index is 5.70. The summed E-state index contributed by atoms with van der Waals surface area (Å²) in [5.41, 5.74) is 3.69. The number of ether oxygens (including phenoxy) is 2. The summed E-state index contributed by atoms with van der Waals surface area (Å²) in [5, 5.41) is 6.79. The van der Waals surface area contributed by atoms with Crippen LogP contribution in [0.4, 0.5) is 0 Å². The van der Waals surface area contributed by atoms with E-state index in [1.807, 2.05) is 25.1 Å². The zero-order chi connectivity index (χ0) is 21.2. The monoisotopic (exact) mass is 538 g/mol. The van der Waals surface area contributed by atoms with Crippen LogP contribution in [0, 0.1) is 0 Å². The van der Waals surface area contributed by atoms with E-state index in [4.69, 9.17) is 9.47 Å². The molecule has 1 saturated heterocycles. The maximum Gasteiger partial charge on any atom is 0.191 e. The molecule has 170 valence electrons. The first-order valence-corrected chi connectivity index (χ1v) is 10.7. The van der Waals surface area contributed by atoms with E-state index >= 15 is 0 Å². The van der Waals surface area contributed by atoms with Crippen LogP contribution in [-0.2, 0) is 24.4 Å². The molecular formula is C24H35IN4O2. The van der Waals surface area contributed by atoms with E-state index in [1.165, 1.54) is 11.1 Å². The van der Waals surface area contributed by atoms with Gasteiger partial charge in [-0.15, -0.1) is 24.0 Å². The van der Waals surface area contributed by atoms with Crippen molar-refractivity contribution in [2.45, 2.75) is 39.6 Å². The molecule has 1 heterocycles. The van der Waals surface area contributed by atoms with Crippen molar-refractivity contribution in [3.05, 3.63) is 65.2 Å². The fraction of sp³-hybridized carbons (Fsp3) is 0.458. The molecule has 0 aromatic heterocycles. The molecule has 1 aliphatic rings. The van der Waals surface area contributed by atoms with Gasteiger partial charge in [-0.25, -0.2) is 0 Å². The van der Waals surface area contributed by atoms with Crippen LogP contribution in [0.5, 0.6) is 5.75 Å². The normalized spacial score (nSPS) is 17.0. The Morgan fingerprint density at radius 3 is 2.68 bits per heavy atom. The fourth-order valence-corrected chi connectivity index (χ4v) is 3.66. The van der Waals surface area contributed by atoms with Gasteiger partial charge in [0.2, 0.25) is 0 Å². The number of hydrogen-bond donors (Lipinski definition) is 2. The van der Waals surface area contributed by atoms with Gasteiger partial charge in [0.1, 0.15) is 5.75 Å². The van der Waals surface area contributed by atoms with Crippen LogP contribution < -0.4 is 15.4 Å². The highest BCUT2D eigenvalue weighted by molar-refractivity contribution is 14.0. The number of guanidine groups is 1. The quantitative estimate of drug-likeness (QED) is 0.305. The van der Waals surface area contributed by atoms with E-state index < -0.39 is 0 Å². The Balaban J connectivity index is 0.00000341. The van der Waals surface area contributed by atoms with Gasteiger partial charge < -0.3 is 20.1 Å². The fourth-order valence-electron chi connectivity index (χ4n) is 3.66. The van der Waals surface area contributed by atoms with Crippen molar-refractivity contribution >= 4 is 29.9 Å². The third-order valence-corrected chi connectivity index (χ3v) is 5.13. The molecule has 1 atom stereocenters. The second-order valence-corrected chi connectivity index (χ2v) is 7.56. The number of morpholine rings is 1. The Bertz CT molecular complexity index is 831. The van der Waals surface area contributed by atoms with E-state index in [0.717, 1.165) is 50.1 Å². The van der Waals surface area contributed by atoms with E-state index in [2.05, 4.69) is 57.8 Å². The van der Waals surface area contributed by atoms with Crippen molar-refractivity contribution in [2.75, 3.05) is 33.4 Å². The Labute approximate surface area is 203 Å². The average Bonchev–Trinajstić information content (AvgIpc) is 2.75. The summed E-state index contributed by atoms with van der Waals surface area (Å²) in [7, 11) is 1.79. The highest BCUT2D eigenvalue weighted by Gasteiger charge is 2.16. The van der Waals surface area contributed by atoms with Gasteiger partial charge >= 0.3 is 0 Å². The summed E-state index contributed by atoms with van der Waals surface area (Å²) in [6, 6.07) is 16.8. The first kappa shape index (κ1) is 25.4. The van der Waals surface area contributed by atoms with Gasteiger partial charge in [0.05, 0.1) is 19.3 Å². The zero-order valence-electron chi connectivity index (χ0n) is 18.8. The van der Waals surface area contributed by atoms with E-state index in [0.29, 0.717) is 19.3 Å². The van der Waals surface area contributed by atoms with E-state index in [-0.39, 0.29) is 24.0 Å². The van der Waals surface area contributed by atoms with Crippen LogP contribution in [0.25, 0.3) is 0 Å². The number of para-hydroxylation sites is 1. The summed E-state index contributed by atoms with van der Waals surface area (Å²) >= 11 is 0. The lowest BCUT2D eigenvalue weighted by molar-refractivity contribution is -0.0212. The molecule has 0 spiro atoms. The number of nitrogens with one attached hydrogen (secondary N) is 2. The SMILES string of the molecule is CCOc1ccccc1CNC(=NC)NCc1cccc(CN2CCOC(C)C2)c1.I. The number of hydrogen-bond acceptors (Lipinski definition) is 4. The molecule has 3 rings (SSSR count). The first-order chi connectivity index (χ1) is 14.7. The molecule has 1 fully saturated rings. The molecule has 6 nitrogen and oxygen atoms in total. The lowest BCUT2D eigenvalue weighted by Crippen LogP contribution is -2.40. The first-order valence-electron chi connectivity index (χ1n) is 10.7. The largest absolute Gasteiger partial charge is 0.494 e. The summed E-state index contributed by atoms with van der Waals surface area (Å²) in [6.45, 7) is 9.93. The van der Waals surface area contributed by atoms with Crippen molar-refractivity contribution in [1.29, 1.82) is 0 Å². The molecule has 0 bridgehead atoms. The van der Waals surface area contributed by atoms with Crippen LogP contribution in [-0.4, -0.2) is 50.3 Å². The van der Waals surface area contributed by atoms with Gasteiger partial charge in [-0.3, -0.25) is 9.89 Å². The lowest BCUT2D eigenvalue weighted by Gasteiger charge is -2.31. The summed E-state index contributed by atoms with van der Waals surface area (Å²) in [4.78, 5) is 6.81. The topological polar surface area (TPSA) is 58.1 Å². The number of rotatable bonds is 8. The second kappa shape index (κ2) is 13.5. The molecule has 1 unspecified atom stereocenters. The molecule has 2 aromatic rings. The predicted octanol–water partition coefficient (Wildman–Crippen LogP) is 3.79. The lowest BCUT2D eigenvalue weighted by atomic mass is 10.1. The number of aliphatic imine (C=N–C) groups is 1. The number of nitrogens with zero attached hydrogens (tertiary/aromatic N) is 2. The predicted molar refractivity (Wildman–Crippen MR) is 137 cm³/mol. The Morgan fingerprint density at radius 2 is 1.90 bits per heavy atom. The van der Waals surface area contributed by atoms with Crippen molar-refractivity contribution in [3.8, 4) is 5.75 Å². The second-order valence-electron chi connectivity index (χ2n) is 7.56. The van der Waals surface area contributed by atoms with Gasteiger partial charge in [0.25, 0.3) is 0 Å². The maximum absolute atomic E-state index is 5.70. The van der Waals surface area contributed by atoms with Gasteiger partial charge in [-0.2, -0.15) is 0 Å². The number of halogens is 1. The highest BCUT2D eigenvalue weighted by atomic mass is 127. The van der Waals surface area contributed by atoms with Crippen LogP contribution in [0.1, 0.15) is 30.5 Å². The average molecular weight is 538 g/mol. The molecule has 2 N–H and O–H groups in total. The molecule has 2 aromatic carbocycles. The zero-order valence-corrected chi connectivity index (χ0v) is 21.1. The molecule has 31 heavy (non-hydrogen) atoms. The minimum Gasteiger partial charge on any atom is -0.494 e. The molecule has 0 saturated carbocycles. The Kier molecular flexibility index (Phi) is 11.1. The summed E-state index contributed by atoms with van der Waals surface area (Å²) < 4.78 is 11.3. The van der Waals surface area contributed by atoms with Crippen molar-refractivity contribution in [2.24, 2.45) is 4.99 Å². The molecule has 0 aliphatic carbocycles. The molecule has 1 aliphatic heterocycles. The minimum atomic E-state index is 0. The van der Waals surface area contributed by atoms with Gasteiger partial charge in [0, 0.05) is 45.3 Å². The molecule has 7 heteroatoms. The van der Waals surface area contributed by atoms with Gasteiger partial charge in [0.15, 0.2) is 5.96 Å². The number of benzene rings is 2. The van der Waals surface area contributed by atoms with Crippen LogP contribution in [0.15, 0.2) is 53.5 Å². The minimum absolute atomic E-state index is 0. The Hall–Kier alpha value is -1.84. The third-order valence-electron chi connectivity index (χ3n) is 5.13. The molecule has 0 radical (unpaired) electrons. The van der Waals surface area contributed by atoms with Gasteiger partial charge in [-0.1, -0.05) is 42.5 Å². The third kappa shape index (κ3) is 8.31. The molecular weight excluding hydrogens is 503 g/mol. The summed E-state index contributed by atoms with van der Waals surface area (Å²) in [6.07, 6.45) is 0.311. The van der Waals surface area contributed by atoms with Crippen LogP contribution in [0.3, 0.4) is 0 Å². The highest BCUT2D eigenvalue weighted by Crippen LogP contribution is 2.17. The Morgan fingerprint density at radius 1 is 1.13 bits per heavy atom. The standard InChI is InChI=1S/C24H34N4O2.HI/c1-4-29-23-11-6-5-10-22(23)16-27-24(25-3)26-15-20-8-7-9-21(14-20)18-28-12-13-30-19(2)17-28;/h5-11,14,19H,4,12-13,15-18H2,1-3H3,(H2,25,26,27);1H. The molecule has 0 amide bonds. The summed E-state index contributed by atoms with van der Waals surface area (Å²) in [5.74, 6) is 1.68. The van der Waals surface area contributed by atoms with Crippen molar-refractivity contribution in [3.63, 3.8) is 0 Å². The van der Waals surface area contributed by atoms with E-state index in [9.17, 15) is 0 Å². The van der Waals surface area contributed by atoms with Crippen LogP contribution >= 0.6 is 24.0 Å². The smallest absolute Gasteiger partial charge is 0.191 e. The van der Waals surface area contributed by atoms with Gasteiger partial charge in [-0.05, 0) is 31.0 Å². The van der Waals surface area contributed by atoms with Crippen molar-refractivity contribution in [1.82, 2.24) is 15.5 Å². The van der Waals surface area contributed by atoms with Crippen LogP contribution in [0.2, 0.25) is 0 Å².